The van der Waals surface area contributed by atoms with Crippen LogP contribution < -0.4 is 5.32 Å². The van der Waals surface area contributed by atoms with Gasteiger partial charge in [-0.25, -0.2) is 4.79 Å². The molecule has 1 saturated heterocycles. The van der Waals surface area contributed by atoms with E-state index in [-0.39, 0.29) is 12.3 Å². The van der Waals surface area contributed by atoms with Crippen molar-refractivity contribution in [1.82, 2.24) is 5.32 Å². The third kappa shape index (κ3) is 8.21. The van der Waals surface area contributed by atoms with Crippen LogP contribution in [0.4, 0.5) is 8.68 Å². The Bertz CT molecular complexity index is 440. The van der Waals surface area contributed by atoms with Crippen LogP contribution in [-0.4, -0.2) is 45.1 Å². The van der Waals surface area contributed by atoms with E-state index >= 15 is 0 Å². The Balaban J connectivity index is 2.64. The monoisotopic (exact) mass is 325 g/mol. The summed E-state index contributed by atoms with van der Waals surface area (Å²) in [6.07, 6.45) is 0.817. The average molecular weight is 325 g/mol. The number of alkyl carbamates (subject to hydrolysis) is 1. The van der Waals surface area contributed by atoms with Gasteiger partial charge in [-0.05, 0) is 46.0 Å². The van der Waals surface area contributed by atoms with E-state index in [0.29, 0.717) is 26.1 Å². The van der Waals surface area contributed by atoms with E-state index in [4.69, 9.17) is 9.47 Å². The van der Waals surface area contributed by atoms with Crippen molar-refractivity contribution in [2.75, 3.05) is 19.0 Å². The summed E-state index contributed by atoms with van der Waals surface area (Å²) < 4.78 is 44.5. The van der Waals surface area contributed by atoms with Crippen LogP contribution in [0.15, 0.2) is 0 Å². The zero-order valence-corrected chi connectivity index (χ0v) is 13.5. The van der Waals surface area contributed by atoms with E-state index in [1.54, 1.807) is 20.8 Å². The van der Waals surface area contributed by atoms with Gasteiger partial charge in [0.2, 0.25) is 0 Å². The molecule has 1 unspecified atom stereocenters. The number of amides is 1. The Hall–Kier alpha value is -0.890. The Kier molecular flexibility index (Phi) is 6.40. The zero-order chi connectivity index (χ0) is 16.1. The molecule has 0 saturated carbocycles. The molecular formula is C13H24FNO5S. The highest BCUT2D eigenvalue weighted by atomic mass is 32.3. The average Bonchev–Trinajstić information content (AvgIpc) is 2.32. The molecule has 0 aromatic heterocycles. The minimum Gasteiger partial charge on any atom is -0.444 e. The summed E-state index contributed by atoms with van der Waals surface area (Å²) in [7, 11) is -4.55. The minimum atomic E-state index is -4.55. The van der Waals surface area contributed by atoms with Gasteiger partial charge in [0.25, 0.3) is 0 Å². The SMILES string of the molecule is CC(C)(C)OC(=O)NC(CCS(=O)(=O)F)C1CCOCC1. The summed E-state index contributed by atoms with van der Waals surface area (Å²) in [6.45, 7) is 6.32. The van der Waals surface area contributed by atoms with Gasteiger partial charge in [-0.2, -0.15) is 8.42 Å². The highest BCUT2D eigenvalue weighted by molar-refractivity contribution is 7.86. The van der Waals surface area contributed by atoms with Crippen LogP contribution in [0.5, 0.6) is 0 Å². The second-order valence-electron chi connectivity index (χ2n) is 6.23. The van der Waals surface area contributed by atoms with Gasteiger partial charge in [0, 0.05) is 19.3 Å². The van der Waals surface area contributed by atoms with E-state index in [1.165, 1.54) is 0 Å². The molecule has 1 rings (SSSR count). The summed E-state index contributed by atoms with van der Waals surface area (Å²) in [4.78, 5) is 11.8. The number of hydrogen-bond acceptors (Lipinski definition) is 5. The van der Waals surface area contributed by atoms with E-state index in [1.807, 2.05) is 0 Å². The summed E-state index contributed by atoms with van der Waals surface area (Å²) >= 11 is 0. The maximum Gasteiger partial charge on any atom is 0.407 e. The van der Waals surface area contributed by atoms with Crippen molar-refractivity contribution in [3.8, 4) is 0 Å². The number of hydrogen-bond donors (Lipinski definition) is 1. The van der Waals surface area contributed by atoms with E-state index in [2.05, 4.69) is 5.32 Å². The van der Waals surface area contributed by atoms with Crippen molar-refractivity contribution in [3.63, 3.8) is 0 Å². The fourth-order valence-corrected chi connectivity index (χ4v) is 2.81. The van der Waals surface area contributed by atoms with Crippen LogP contribution in [0.1, 0.15) is 40.0 Å². The van der Waals surface area contributed by atoms with Crippen molar-refractivity contribution in [2.24, 2.45) is 5.92 Å². The number of carbonyl (C=O) groups is 1. The Morgan fingerprint density at radius 2 is 1.95 bits per heavy atom. The van der Waals surface area contributed by atoms with Crippen molar-refractivity contribution in [1.29, 1.82) is 0 Å². The van der Waals surface area contributed by atoms with E-state index < -0.39 is 33.7 Å². The lowest BCUT2D eigenvalue weighted by molar-refractivity contribution is 0.0347. The van der Waals surface area contributed by atoms with Crippen LogP contribution in [0.3, 0.4) is 0 Å². The maximum absolute atomic E-state index is 12.7. The quantitative estimate of drug-likeness (QED) is 0.782. The Morgan fingerprint density at radius 3 is 2.43 bits per heavy atom. The van der Waals surface area contributed by atoms with Gasteiger partial charge in [-0.15, -0.1) is 3.89 Å². The number of halogens is 1. The van der Waals surface area contributed by atoms with Crippen LogP contribution in [0.25, 0.3) is 0 Å². The first-order valence-corrected chi connectivity index (χ1v) is 8.62. The van der Waals surface area contributed by atoms with Gasteiger partial charge in [0.1, 0.15) is 5.60 Å². The molecule has 1 N–H and O–H groups in total. The molecule has 0 spiro atoms. The summed E-state index contributed by atoms with van der Waals surface area (Å²) in [5.41, 5.74) is -0.642. The fraction of sp³-hybridized carbons (Fsp3) is 0.923. The largest absolute Gasteiger partial charge is 0.444 e. The standard InChI is InChI=1S/C13H24FNO5S/c1-13(2,3)20-12(16)15-11(6-9-21(14,17)18)10-4-7-19-8-5-10/h10-11H,4-9H2,1-3H3,(H,15,16). The van der Waals surface area contributed by atoms with Gasteiger partial charge in [0.15, 0.2) is 0 Å². The van der Waals surface area contributed by atoms with Crippen LogP contribution in [0.2, 0.25) is 0 Å². The van der Waals surface area contributed by atoms with Crippen molar-refractivity contribution >= 4 is 16.3 Å². The second-order valence-corrected chi connectivity index (χ2v) is 7.72. The molecular weight excluding hydrogens is 301 g/mol. The first kappa shape index (κ1) is 18.2. The lowest BCUT2D eigenvalue weighted by Gasteiger charge is -2.31. The zero-order valence-electron chi connectivity index (χ0n) is 12.7. The molecule has 0 bridgehead atoms. The van der Waals surface area contributed by atoms with Gasteiger partial charge in [-0.3, -0.25) is 0 Å². The molecule has 1 aliphatic rings. The van der Waals surface area contributed by atoms with E-state index in [0.717, 1.165) is 0 Å². The molecule has 0 aromatic carbocycles. The molecule has 8 heteroatoms. The summed E-state index contributed by atoms with van der Waals surface area (Å²) in [5.74, 6) is -0.543. The molecule has 21 heavy (non-hydrogen) atoms. The third-order valence-electron chi connectivity index (χ3n) is 3.21. The second kappa shape index (κ2) is 7.40. The highest BCUT2D eigenvalue weighted by Gasteiger charge is 2.28. The van der Waals surface area contributed by atoms with Crippen LogP contribution in [0, 0.1) is 5.92 Å². The first-order chi connectivity index (χ1) is 9.57. The Labute approximate surface area is 125 Å². The third-order valence-corrected chi connectivity index (χ3v) is 3.93. The Morgan fingerprint density at radius 1 is 1.38 bits per heavy atom. The maximum atomic E-state index is 12.7. The highest BCUT2D eigenvalue weighted by Crippen LogP contribution is 2.22. The van der Waals surface area contributed by atoms with Gasteiger partial charge >= 0.3 is 16.3 Å². The molecule has 1 aliphatic heterocycles. The number of ether oxygens (including phenoxy) is 2. The fourth-order valence-electron chi connectivity index (χ4n) is 2.27. The smallest absolute Gasteiger partial charge is 0.407 e. The summed E-state index contributed by atoms with van der Waals surface area (Å²) in [5, 5.41) is 2.67. The van der Waals surface area contributed by atoms with Crippen molar-refractivity contribution in [3.05, 3.63) is 0 Å². The van der Waals surface area contributed by atoms with Gasteiger partial charge < -0.3 is 14.8 Å². The van der Waals surface area contributed by atoms with Gasteiger partial charge in [0.05, 0.1) is 5.75 Å². The first-order valence-electron chi connectivity index (χ1n) is 7.06. The number of rotatable bonds is 5. The molecule has 1 fully saturated rings. The lowest BCUT2D eigenvalue weighted by Crippen LogP contribution is -2.45. The summed E-state index contributed by atoms with van der Waals surface area (Å²) in [6, 6.07) is -0.436. The van der Waals surface area contributed by atoms with Gasteiger partial charge in [-0.1, -0.05) is 0 Å². The van der Waals surface area contributed by atoms with E-state index in [9.17, 15) is 17.1 Å². The molecule has 1 heterocycles. The van der Waals surface area contributed by atoms with Crippen LogP contribution >= 0.6 is 0 Å². The molecule has 0 aromatic rings. The van der Waals surface area contributed by atoms with Crippen molar-refractivity contribution < 1.29 is 26.6 Å². The van der Waals surface area contributed by atoms with Crippen molar-refractivity contribution in [2.45, 2.75) is 51.7 Å². The van der Waals surface area contributed by atoms with Crippen LogP contribution in [-0.2, 0) is 19.7 Å². The molecule has 1 amide bonds. The normalized spacial score (nSPS) is 19.0. The molecule has 0 aliphatic carbocycles. The molecule has 6 nitrogen and oxygen atoms in total. The number of carbonyl (C=O) groups excluding carboxylic acids is 1. The topological polar surface area (TPSA) is 81.7 Å². The number of nitrogens with one attached hydrogen (secondary N) is 1. The predicted octanol–water partition coefficient (Wildman–Crippen LogP) is 2.00. The minimum absolute atomic E-state index is 0.0305. The lowest BCUT2D eigenvalue weighted by atomic mass is 9.90. The predicted molar refractivity (Wildman–Crippen MR) is 76.2 cm³/mol. The molecule has 1 atom stereocenters. The molecule has 124 valence electrons. The molecule has 0 radical (unpaired) electrons.